The van der Waals surface area contributed by atoms with Gasteiger partial charge in [-0.05, 0) is 56.7 Å². The lowest BCUT2D eigenvalue weighted by molar-refractivity contribution is 0.0938. The average molecular weight is 333 g/mol. The predicted molar refractivity (Wildman–Crippen MR) is 94.2 cm³/mol. The number of carbonyl (C=O) groups is 2. The monoisotopic (exact) mass is 333 g/mol. The van der Waals surface area contributed by atoms with E-state index in [4.69, 9.17) is 4.74 Å². The van der Waals surface area contributed by atoms with E-state index in [9.17, 15) is 9.59 Å². The maximum atomic E-state index is 12.3. The minimum atomic E-state index is -0.279. The molecule has 24 heavy (non-hydrogen) atoms. The molecule has 3 N–H and O–H groups in total. The Hall–Kier alpha value is -2.08. The van der Waals surface area contributed by atoms with Gasteiger partial charge in [0.2, 0.25) is 0 Å². The van der Waals surface area contributed by atoms with Gasteiger partial charge in [0.15, 0.2) is 0 Å². The van der Waals surface area contributed by atoms with Crippen molar-refractivity contribution in [2.24, 2.45) is 5.41 Å². The first-order valence-electron chi connectivity index (χ1n) is 8.39. The van der Waals surface area contributed by atoms with Gasteiger partial charge in [0.25, 0.3) is 5.91 Å². The number of hydrogen-bond acceptors (Lipinski definition) is 3. The summed E-state index contributed by atoms with van der Waals surface area (Å²) in [4.78, 5) is 24.1. The molecule has 0 spiro atoms. The van der Waals surface area contributed by atoms with E-state index in [2.05, 4.69) is 16.0 Å². The molecule has 0 heterocycles. The zero-order valence-electron chi connectivity index (χ0n) is 14.6. The van der Waals surface area contributed by atoms with E-state index in [0.29, 0.717) is 17.8 Å². The van der Waals surface area contributed by atoms with Crippen molar-refractivity contribution in [1.29, 1.82) is 0 Å². The Balaban J connectivity index is 1.88. The fraction of sp³-hybridized carbons (Fsp3) is 0.556. The summed E-state index contributed by atoms with van der Waals surface area (Å²) in [7, 11) is 1.70. The summed E-state index contributed by atoms with van der Waals surface area (Å²) < 4.78 is 5.13. The van der Waals surface area contributed by atoms with E-state index >= 15 is 0 Å². The number of rotatable bonds is 8. The predicted octanol–water partition coefficient (Wildman–Crippen LogP) is 2.76. The number of ether oxygens (including phenoxy) is 1. The van der Waals surface area contributed by atoms with Crippen molar-refractivity contribution >= 4 is 17.6 Å². The smallest absolute Gasteiger partial charge is 0.319 e. The van der Waals surface area contributed by atoms with Crippen LogP contribution in [0.4, 0.5) is 10.5 Å². The summed E-state index contributed by atoms with van der Waals surface area (Å²) in [6, 6.07) is 6.73. The summed E-state index contributed by atoms with van der Waals surface area (Å²) >= 11 is 0. The number of carbonyl (C=O) groups excluding carboxylic acids is 2. The number of benzene rings is 1. The van der Waals surface area contributed by atoms with E-state index in [-0.39, 0.29) is 23.4 Å². The molecule has 1 aromatic carbocycles. The van der Waals surface area contributed by atoms with Crippen LogP contribution in [0.25, 0.3) is 0 Å². The standard InChI is InChI=1S/C18H27N3O3/c1-13(2)20-17(23)21-15-6-4-5-14(11-15)16(22)19-12-18(7-8-18)9-10-24-3/h4-6,11,13H,7-10,12H2,1-3H3,(H,19,22)(H2,20,21,23). The molecule has 0 bridgehead atoms. The Kier molecular flexibility index (Phi) is 6.20. The summed E-state index contributed by atoms with van der Waals surface area (Å²) in [6.07, 6.45) is 3.24. The zero-order valence-corrected chi connectivity index (χ0v) is 14.6. The molecule has 0 saturated heterocycles. The molecule has 1 aliphatic rings. The number of anilines is 1. The van der Waals surface area contributed by atoms with Crippen LogP contribution in [0.1, 0.15) is 43.5 Å². The Morgan fingerprint density at radius 1 is 1.29 bits per heavy atom. The van der Waals surface area contributed by atoms with Crippen LogP contribution in [0.3, 0.4) is 0 Å². The van der Waals surface area contributed by atoms with Gasteiger partial charge >= 0.3 is 6.03 Å². The molecule has 1 fully saturated rings. The topological polar surface area (TPSA) is 79.5 Å². The largest absolute Gasteiger partial charge is 0.385 e. The molecule has 0 aliphatic heterocycles. The first kappa shape index (κ1) is 18.3. The molecule has 3 amide bonds. The molecular formula is C18H27N3O3. The van der Waals surface area contributed by atoms with E-state index in [1.807, 2.05) is 13.8 Å². The van der Waals surface area contributed by atoms with Crippen molar-refractivity contribution in [1.82, 2.24) is 10.6 Å². The van der Waals surface area contributed by atoms with Gasteiger partial charge in [-0.3, -0.25) is 4.79 Å². The van der Waals surface area contributed by atoms with Crippen LogP contribution in [-0.4, -0.2) is 38.2 Å². The second-order valence-corrected chi connectivity index (χ2v) is 6.76. The quantitative estimate of drug-likeness (QED) is 0.684. The van der Waals surface area contributed by atoms with Gasteiger partial charge in [-0.15, -0.1) is 0 Å². The van der Waals surface area contributed by atoms with Gasteiger partial charge in [0.1, 0.15) is 0 Å². The summed E-state index contributed by atoms with van der Waals surface area (Å²) in [5.41, 5.74) is 1.35. The molecule has 2 rings (SSSR count). The van der Waals surface area contributed by atoms with Crippen molar-refractivity contribution in [3.63, 3.8) is 0 Å². The lowest BCUT2D eigenvalue weighted by Crippen LogP contribution is -2.34. The minimum Gasteiger partial charge on any atom is -0.385 e. The number of hydrogen-bond donors (Lipinski definition) is 3. The Bertz CT molecular complexity index is 583. The zero-order chi connectivity index (χ0) is 17.6. The third kappa shape index (κ3) is 5.53. The molecular weight excluding hydrogens is 306 g/mol. The summed E-state index contributed by atoms with van der Waals surface area (Å²) in [5.74, 6) is -0.119. The molecule has 132 valence electrons. The second kappa shape index (κ2) is 8.15. The highest BCUT2D eigenvalue weighted by atomic mass is 16.5. The summed E-state index contributed by atoms with van der Waals surface area (Å²) in [5, 5.41) is 8.49. The van der Waals surface area contributed by atoms with Crippen LogP contribution in [0.15, 0.2) is 24.3 Å². The van der Waals surface area contributed by atoms with Gasteiger partial charge in [-0.25, -0.2) is 4.79 Å². The number of amides is 3. The molecule has 6 nitrogen and oxygen atoms in total. The first-order chi connectivity index (χ1) is 11.4. The maximum Gasteiger partial charge on any atom is 0.319 e. The number of methoxy groups -OCH3 is 1. The van der Waals surface area contributed by atoms with Crippen LogP contribution in [0, 0.1) is 5.41 Å². The van der Waals surface area contributed by atoms with Crippen LogP contribution in [-0.2, 0) is 4.74 Å². The van der Waals surface area contributed by atoms with E-state index in [1.165, 1.54) is 0 Å². The number of urea groups is 1. The van der Waals surface area contributed by atoms with Crippen molar-refractivity contribution in [3.05, 3.63) is 29.8 Å². The normalized spacial score (nSPS) is 15.0. The lowest BCUT2D eigenvalue weighted by Gasteiger charge is -2.16. The van der Waals surface area contributed by atoms with Crippen molar-refractivity contribution in [3.8, 4) is 0 Å². The third-order valence-electron chi connectivity index (χ3n) is 4.22. The van der Waals surface area contributed by atoms with E-state index in [0.717, 1.165) is 25.9 Å². The van der Waals surface area contributed by atoms with E-state index in [1.54, 1.807) is 31.4 Å². The fourth-order valence-electron chi connectivity index (χ4n) is 2.55. The maximum absolute atomic E-state index is 12.3. The van der Waals surface area contributed by atoms with Crippen LogP contribution in [0.2, 0.25) is 0 Å². The summed E-state index contributed by atoms with van der Waals surface area (Å²) in [6.45, 7) is 5.17. The molecule has 0 radical (unpaired) electrons. The average Bonchev–Trinajstić information content (AvgIpc) is 3.30. The molecule has 1 aliphatic carbocycles. The van der Waals surface area contributed by atoms with Gasteiger partial charge in [-0.2, -0.15) is 0 Å². The van der Waals surface area contributed by atoms with Crippen LogP contribution in [0.5, 0.6) is 0 Å². The lowest BCUT2D eigenvalue weighted by atomic mass is 10.0. The van der Waals surface area contributed by atoms with Crippen LogP contribution < -0.4 is 16.0 Å². The van der Waals surface area contributed by atoms with Crippen molar-refractivity contribution in [2.45, 2.75) is 39.2 Å². The highest BCUT2D eigenvalue weighted by Crippen LogP contribution is 2.48. The molecule has 0 aromatic heterocycles. The molecule has 0 unspecified atom stereocenters. The molecule has 6 heteroatoms. The molecule has 1 saturated carbocycles. The van der Waals surface area contributed by atoms with Gasteiger partial charge in [0.05, 0.1) is 0 Å². The van der Waals surface area contributed by atoms with Crippen LogP contribution >= 0.6 is 0 Å². The van der Waals surface area contributed by atoms with Gasteiger partial charge in [-0.1, -0.05) is 6.07 Å². The highest BCUT2D eigenvalue weighted by molar-refractivity contribution is 5.96. The fourth-order valence-corrected chi connectivity index (χ4v) is 2.55. The number of nitrogens with one attached hydrogen (secondary N) is 3. The SMILES string of the molecule is COCCC1(CNC(=O)c2cccc(NC(=O)NC(C)C)c2)CC1. The highest BCUT2D eigenvalue weighted by Gasteiger charge is 2.42. The van der Waals surface area contributed by atoms with Gasteiger partial charge < -0.3 is 20.7 Å². The first-order valence-corrected chi connectivity index (χ1v) is 8.39. The van der Waals surface area contributed by atoms with Crippen molar-refractivity contribution < 1.29 is 14.3 Å². The van der Waals surface area contributed by atoms with Gasteiger partial charge in [0, 0.05) is 37.6 Å². The van der Waals surface area contributed by atoms with E-state index < -0.39 is 0 Å². The second-order valence-electron chi connectivity index (χ2n) is 6.76. The Morgan fingerprint density at radius 2 is 2.04 bits per heavy atom. The third-order valence-corrected chi connectivity index (χ3v) is 4.22. The Morgan fingerprint density at radius 3 is 2.67 bits per heavy atom. The molecule has 0 atom stereocenters. The minimum absolute atomic E-state index is 0.0540. The van der Waals surface area contributed by atoms with Crippen molar-refractivity contribution in [2.75, 3.05) is 25.6 Å². The molecule has 1 aromatic rings. The Labute approximate surface area is 143 Å².